The first-order valence-corrected chi connectivity index (χ1v) is 7.84. The van der Waals surface area contributed by atoms with Crippen molar-refractivity contribution in [3.05, 3.63) is 45.1 Å². The molecule has 20 heavy (non-hydrogen) atoms. The molecule has 4 nitrogen and oxygen atoms in total. The second-order valence-electron chi connectivity index (χ2n) is 4.40. The van der Waals surface area contributed by atoms with E-state index in [2.05, 4.69) is 4.98 Å². The standard InChI is InChI=1S/C14H14N2O2S2/c1-2-18-10-5-3-9(4-6-10)16-13(17)12-11(7-8-20-12)15-14(16)19/h3-6H,2,7-8H2,1H3,(H,15,19). The highest BCUT2D eigenvalue weighted by molar-refractivity contribution is 7.99. The van der Waals surface area contributed by atoms with Crippen LogP contribution in [0.1, 0.15) is 12.6 Å². The monoisotopic (exact) mass is 306 g/mol. The molecule has 1 N–H and O–H groups in total. The van der Waals surface area contributed by atoms with E-state index < -0.39 is 0 Å². The summed E-state index contributed by atoms with van der Waals surface area (Å²) in [5, 5.41) is 0. The third-order valence-electron chi connectivity index (χ3n) is 3.14. The SMILES string of the molecule is CCOc1ccc(-n2c(=S)[nH]c3c(c2=O)SCC3)cc1. The molecule has 0 amide bonds. The van der Waals surface area contributed by atoms with Gasteiger partial charge in [-0.2, -0.15) is 0 Å². The number of aryl methyl sites for hydroxylation is 1. The molecule has 0 aliphatic carbocycles. The zero-order chi connectivity index (χ0) is 14.1. The summed E-state index contributed by atoms with van der Waals surface area (Å²) in [5.74, 6) is 1.72. The summed E-state index contributed by atoms with van der Waals surface area (Å²) in [5.41, 5.74) is 1.69. The average molecular weight is 306 g/mol. The van der Waals surface area contributed by atoms with Crippen LogP contribution in [0, 0.1) is 4.77 Å². The molecule has 3 rings (SSSR count). The van der Waals surface area contributed by atoms with Crippen molar-refractivity contribution >= 4 is 24.0 Å². The fraction of sp³-hybridized carbons (Fsp3) is 0.286. The largest absolute Gasteiger partial charge is 0.494 e. The molecule has 6 heteroatoms. The number of thioether (sulfide) groups is 1. The van der Waals surface area contributed by atoms with Crippen molar-refractivity contribution in [2.24, 2.45) is 0 Å². The lowest BCUT2D eigenvalue weighted by molar-refractivity contribution is 0.340. The van der Waals surface area contributed by atoms with Crippen LogP contribution in [0.3, 0.4) is 0 Å². The fourth-order valence-corrected chi connectivity index (χ4v) is 3.60. The van der Waals surface area contributed by atoms with Crippen LogP contribution < -0.4 is 10.3 Å². The quantitative estimate of drug-likeness (QED) is 0.886. The average Bonchev–Trinajstić information content (AvgIpc) is 2.89. The summed E-state index contributed by atoms with van der Waals surface area (Å²) in [7, 11) is 0. The third kappa shape index (κ3) is 2.29. The molecule has 0 saturated heterocycles. The lowest BCUT2D eigenvalue weighted by Crippen LogP contribution is -2.22. The highest BCUT2D eigenvalue weighted by Gasteiger charge is 2.18. The summed E-state index contributed by atoms with van der Waals surface area (Å²) < 4.78 is 7.39. The fourth-order valence-electron chi connectivity index (χ4n) is 2.24. The molecule has 2 heterocycles. The van der Waals surface area contributed by atoms with Crippen LogP contribution in [0.15, 0.2) is 34.0 Å². The van der Waals surface area contributed by atoms with Crippen LogP contribution in [-0.2, 0) is 6.42 Å². The smallest absolute Gasteiger partial charge is 0.272 e. The normalized spacial score (nSPS) is 13.2. The predicted molar refractivity (Wildman–Crippen MR) is 82.8 cm³/mol. The van der Waals surface area contributed by atoms with Crippen LogP contribution in [0.25, 0.3) is 5.69 Å². The van der Waals surface area contributed by atoms with Crippen molar-refractivity contribution in [3.8, 4) is 11.4 Å². The summed E-state index contributed by atoms with van der Waals surface area (Å²) in [4.78, 5) is 16.5. The molecule has 2 aromatic rings. The van der Waals surface area contributed by atoms with Crippen molar-refractivity contribution in [2.45, 2.75) is 18.2 Å². The van der Waals surface area contributed by atoms with Crippen LogP contribution >= 0.6 is 24.0 Å². The Morgan fingerprint density at radius 3 is 2.85 bits per heavy atom. The Balaban J connectivity index is 2.11. The molecular weight excluding hydrogens is 292 g/mol. The van der Waals surface area contributed by atoms with E-state index in [9.17, 15) is 4.79 Å². The molecule has 1 aliphatic rings. The number of hydrogen-bond donors (Lipinski definition) is 1. The summed E-state index contributed by atoms with van der Waals surface area (Å²) in [6, 6.07) is 7.39. The van der Waals surface area contributed by atoms with E-state index in [1.807, 2.05) is 31.2 Å². The first-order chi connectivity index (χ1) is 9.70. The first-order valence-electron chi connectivity index (χ1n) is 6.45. The Labute approximate surface area is 125 Å². The van der Waals surface area contributed by atoms with Crippen LogP contribution in [0.2, 0.25) is 0 Å². The van der Waals surface area contributed by atoms with Crippen molar-refractivity contribution in [1.82, 2.24) is 9.55 Å². The summed E-state index contributed by atoms with van der Waals surface area (Å²) in [6.07, 6.45) is 0.878. The number of rotatable bonds is 3. The second-order valence-corrected chi connectivity index (χ2v) is 5.90. The molecule has 104 valence electrons. The highest BCUT2D eigenvalue weighted by atomic mass is 32.2. The van der Waals surface area contributed by atoms with Gasteiger partial charge in [-0.1, -0.05) is 0 Å². The van der Waals surface area contributed by atoms with Crippen molar-refractivity contribution in [2.75, 3.05) is 12.4 Å². The second kappa shape index (κ2) is 5.46. The van der Waals surface area contributed by atoms with Gasteiger partial charge in [0, 0.05) is 11.4 Å². The van der Waals surface area contributed by atoms with E-state index in [0.29, 0.717) is 11.4 Å². The molecule has 1 aliphatic heterocycles. The summed E-state index contributed by atoms with van der Waals surface area (Å²) >= 11 is 6.90. The minimum Gasteiger partial charge on any atom is -0.494 e. The molecule has 0 atom stereocenters. The molecule has 1 aromatic carbocycles. The van der Waals surface area contributed by atoms with Crippen LogP contribution in [0.5, 0.6) is 5.75 Å². The minimum absolute atomic E-state index is 0.0320. The Hall–Kier alpha value is -1.53. The van der Waals surface area contributed by atoms with Crippen LogP contribution in [-0.4, -0.2) is 21.9 Å². The van der Waals surface area contributed by atoms with Gasteiger partial charge in [-0.3, -0.25) is 9.36 Å². The van der Waals surface area contributed by atoms with Gasteiger partial charge in [0.25, 0.3) is 5.56 Å². The van der Waals surface area contributed by atoms with E-state index in [4.69, 9.17) is 17.0 Å². The molecule has 0 saturated carbocycles. The molecule has 0 unspecified atom stereocenters. The number of benzene rings is 1. The van der Waals surface area contributed by atoms with E-state index in [-0.39, 0.29) is 5.56 Å². The molecule has 0 radical (unpaired) electrons. The Morgan fingerprint density at radius 1 is 1.40 bits per heavy atom. The van der Waals surface area contributed by atoms with Crippen molar-refractivity contribution in [3.63, 3.8) is 0 Å². The number of hydrogen-bond acceptors (Lipinski definition) is 4. The van der Waals surface area contributed by atoms with E-state index in [1.165, 1.54) is 0 Å². The van der Waals surface area contributed by atoms with Crippen molar-refractivity contribution < 1.29 is 4.74 Å². The molecular formula is C14H14N2O2S2. The van der Waals surface area contributed by atoms with Gasteiger partial charge in [-0.15, -0.1) is 11.8 Å². The van der Waals surface area contributed by atoms with Crippen molar-refractivity contribution in [1.29, 1.82) is 0 Å². The minimum atomic E-state index is -0.0320. The van der Waals surface area contributed by atoms with Gasteiger partial charge in [0.1, 0.15) is 5.75 Å². The molecule has 0 spiro atoms. The van der Waals surface area contributed by atoms with Gasteiger partial charge in [0.2, 0.25) is 0 Å². The van der Waals surface area contributed by atoms with E-state index >= 15 is 0 Å². The van der Waals surface area contributed by atoms with Gasteiger partial charge in [-0.05, 0) is 49.8 Å². The van der Waals surface area contributed by atoms with Gasteiger partial charge < -0.3 is 9.72 Å². The lowest BCUT2D eigenvalue weighted by Gasteiger charge is -2.09. The topological polar surface area (TPSA) is 47.0 Å². The van der Waals surface area contributed by atoms with E-state index in [0.717, 1.165) is 34.2 Å². The predicted octanol–water partition coefficient (Wildman–Crippen LogP) is 2.94. The maximum absolute atomic E-state index is 12.5. The van der Waals surface area contributed by atoms with Gasteiger partial charge >= 0.3 is 0 Å². The Bertz CT molecular complexity index is 747. The summed E-state index contributed by atoms with van der Waals surface area (Å²) in [6.45, 7) is 2.56. The van der Waals surface area contributed by atoms with Crippen LogP contribution in [0.4, 0.5) is 0 Å². The third-order valence-corrected chi connectivity index (χ3v) is 4.54. The van der Waals surface area contributed by atoms with E-state index in [1.54, 1.807) is 16.3 Å². The number of nitrogens with one attached hydrogen (secondary N) is 1. The highest BCUT2D eigenvalue weighted by Crippen LogP contribution is 2.26. The Kier molecular flexibility index (Phi) is 3.67. The number of fused-ring (bicyclic) bond motifs is 1. The number of H-pyrrole nitrogens is 1. The van der Waals surface area contributed by atoms with Gasteiger partial charge in [-0.25, -0.2) is 0 Å². The Morgan fingerprint density at radius 2 is 2.15 bits per heavy atom. The molecule has 1 aromatic heterocycles. The zero-order valence-corrected chi connectivity index (χ0v) is 12.6. The first kappa shape index (κ1) is 13.5. The zero-order valence-electron chi connectivity index (χ0n) is 11.0. The maximum atomic E-state index is 12.5. The number of nitrogens with zero attached hydrogens (tertiary/aromatic N) is 1. The molecule has 0 fully saturated rings. The maximum Gasteiger partial charge on any atom is 0.272 e. The molecule has 0 bridgehead atoms. The number of ether oxygens (including phenoxy) is 1. The number of aromatic nitrogens is 2. The van der Waals surface area contributed by atoms with Gasteiger partial charge in [0.15, 0.2) is 4.77 Å². The van der Waals surface area contributed by atoms with Gasteiger partial charge in [0.05, 0.1) is 17.2 Å². The lowest BCUT2D eigenvalue weighted by atomic mass is 10.3. The number of aromatic amines is 1.